The average molecular weight is 303 g/mol. The minimum absolute atomic E-state index is 0.0541. The largest absolute Gasteiger partial charge is 0.472 e. The van der Waals surface area contributed by atoms with Gasteiger partial charge in [0.25, 0.3) is 5.69 Å². The number of nitro groups is 1. The van der Waals surface area contributed by atoms with Gasteiger partial charge >= 0.3 is 12.1 Å². The number of benzene rings is 1. The van der Waals surface area contributed by atoms with Crippen molar-refractivity contribution in [1.29, 1.82) is 0 Å². The van der Waals surface area contributed by atoms with Gasteiger partial charge in [-0.15, -0.1) is 0 Å². The van der Waals surface area contributed by atoms with Crippen LogP contribution in [0.3, 0.4) is 0 Å². The molecule has 0 radical (unpaired) electrons. The summed E-state index contributed by atoms with van der Waals surface area (Å²) in [5, 5.41) is 11.9. The second kappa shape index (κ2) is 5.68. The maximum absolute atomic E-state index is 12.2. The third-order valence-electron chi connectivity index (χ3n) is 3.22. The Morgan fingerprint density at radius 1 is 1.24 bits per heavy atom. The highest BCUT2D eigenvalue weighted by atomic mass is 19.4. The number of alkyl halides is 3. The van der Waals surface area contributed by atoms with Crippen molar-refractivity contribution in [1.82, 2.24) is 10.4 Å². The van der Waals surface area contributed by atoms with Crippen LogP contribution in [0.5, 0.6) is 0 Å². The van der Waals surface area contributed by atoms with Gasteiger partial charge in [-0.2, -0.15) is 13.2 Å². The van der Waals surface area contributed by atoms with Crippen LogP contribution in [0.25, 0.3) is 0 Å². The molecule has 1 heterocycles. The highest BCUT2D eigenvalue weighted by molar-refractivity contribution is 5.81. The lowest BCUT2D eigenvalue weighted by Crippen LogP contribution is -2.49. The summed E-state index contributed by atoms with van der Waals surface area (Å²) < 4.78 is 36.6. The molecule has 114 valence electrons. The van der Waals surface area contributed by atoms with Crippen LogP contribution in [0.2, 0.25) is 0 Å². The molecule has 0 aliphatic carbocycles. The van der Waals surface area contributed by atoms with Gasteiger partial charge in [-0.1, -0.05) is 6.07 Å². The Morgan fingerprint density at radius 2 is 1.86 bits per heavy atom. The summed E-state index contributed by atoms with van der Waals surface area (Å²) in [4.78, 5) is 21.1. The predicted octanol–water partition coefficient (Wildman–Crippen LogP) is 1.59. The van der Waals surface area contributed by atoms with Crippen LogP contribution in [-0.2, 0) is 17.6 Å². The Hall–Kier alpha value is -2.16. The molecule has 0 saturated heterocycles. The van der Waals surface area contributed by atoms with Crippen LogP contribution in [0, 0.1) is 10.1 Å². The fourth-order valence-electron chi connectivity index (χ4n) is 2.14. The van der Waals surface area contributed by atoms with Crippen molar-refractivity contribution in [2.24, 2.45) is 0 Å². The number of nitrogens with one attached hydrogen (secondary N) is 1. The Morgan fingerprint density at radius 3 is 2.43 bits per heavy atom. The highest BCUT2D eigenvalue weighted by Gasteiger charge is 2.39. The van der Waals surface area contributed by atoms with Crippen molar-refractivity contribution in [3.05, 3.63) is 39.4 Å². The number of rotatable bonds is 2. The molecule has 0 fully saturated rings. The van der Waals surface area contributed by atoms with Gasteiger partial charge in [0.2, 0.25) is 0 Å². The molecule has 21 heavy (non-hydrogen) atoms. The van der Waals surface area contributed by atoms with E-state index < -0.39 is 17.0 Å². The third-order valence-corrected chi connectivity index (χ3v) is 3.22. The first-order valence-electron chi connectivity index (χ1n) is 6.16. The van der Waals surface area contributed by atoms with E-state index in [2.05, 4.69) is 0 Å². The molecule has 1 aromatic rings. The van der Waals surface area contributed by atoms with Crippen LogP contribution in [-0.4, -0.2) is 35.1 Å². The summed E-state index contributed by atoms with van der Waals surface area (Å²) in [6.07, 6.45) is -4.20. The minimum atomic E-state index is -4.93. The van der Waals surface area contributed by atoms with E-state index in [1.807, 2.05) is 0 Å². The van der Waals surface area contributed by atoms with Crippen LogP contribution in [0.4, 0.5) is 18.9 Å². The zero-order valence-electron chi connectivity index (χ0n) is 10.8. The van der Waals surface area contributed by atoms with Crippen molar-refractivity contribution in [3.8, 4) is 0 Å². The second-order valence-corrected chi connectivity index (χ2v) is 4.64. The van der Waals surface area contributed by atoms with Crippen molar-refractivity contribution in [2.45, 2.75) is 19.0 Å². The van der Waals surface area contributed by atoms with E-state index in [0.717, 1.165) is 5.56 Å². The summed E-state index contributed by atoms with van der Waals surface area (Å²) in [5.41, 5.74) is 3.31. The van der Waals surface area contributed by atoms with Gasteiger partial charge in [0, 0.05) is 25.2 Å². The van der Waals surface area contributed by atoms with E-state index in [9.17, 15) is 28.1 Å². The fraction of sp³-hybridized carbons (Fsp3) is 0.417. The standard InChI is InChI=1S/C12H12F3N3O3/c13-12(14,15)11(19)16-17-5-3-8-1-2-10(18(20)21)7-9(8)4-6-17/h1-2,7H,3-6H2,(H,16,19). The number of amides is 1. The van der Waals surface area contributed by atoms with Gasteiger partial charge in [-0.05, 0) is 24.0 Å². The van der Waals surface area contributed by atoms with Crippen LogP contribution in [0.1, 0.15) is 11.1 Å². The SMILES string of the molecule is O=C(NN1CCc2ccc([N+](=O)[O-])cc2CC1)C(F)(F)F. The molecule has 0 saturated carbocycles. The van der Waals surface area contributed by atoms with E-state index in [1.165, 1.54) is 17.1 Å². The van der Waals surface area contributed by atoms with Crippen LogP contribution >= 0.6 is 0 Å². The first-order valence-corrected chi connectivity index (χ1v) is 6.16. The molecule has 6 nitrogen and oxygen atoms in total. The molecular weight excluding hydrogens is 291 g/mol. The molecule has 1 aliphatic rings. The zero-order chi connectivity index (χ0) is 15.6. The summed E-state index contributed by atoms with van der Waals surface area (Å²) in [6, 6.07) is 4.38. The summed E-state index contributed by atoms with van der Waals surface area (Å²) >= 11 is 0. The van der Waals surface area contributed by atoms with Gasteiger partial charge in [-0.25, -0.2) is 5.01 Å². The van der Waals surface area contributed by atoms with Gasteiger partial charge < -0.3 is 0 Å². The number of carbonyl (C=O) groups is 1. The molecule has 2 rings (SSSR count). The normalized spacial score (nSPS) is 16.0. The van der Waals surface area contributed by atoms with Crippen LogP contribution < -0.4 is 5.43 Å². The number of hydrogen-bond donors (Lipinski definition) is 1. The minimum Gasteiger partial charge on any atom is -0.281 e. The maximum atomic E-state index is 12.2. The fourth-order valence-corrected chi connectivity index (χ4v) is 2.14. The van der Waals surface area contributed by atoms with Crippen molar-refractivity contribution in [3.63, 3.8) is 0 Å². The Kier molecular flexibility index (Phi) is 4.12. The summed E-state index contributed by atoms with van der Waals surface area (Å²) in [7, 11) is 0. The van der Waals surface area contributed by atoms with Crippen molar-refractivity contribution in [2.75, 3.05) is 13.1 Å². The second-order valence-electron chi connectivity index (χ2n) is 4.64. The molecule has 0 atom stereocenters. The Balaban J connectivity index is 2.07. The number of hydrazine groups is 1. The van der Waals surface area contributed by atoms with E-state index in [1.54, 1.807) is 11.5 Å². The van der Waals surface area contributed by atoms with Crippen molar-refractivity contribution < 1.29 is 22.9 Å². The number of fused-ring (bicyclic) bond motifs is 1. The Bertz CT molecular complexity index is 575. The first kappa shape index (κ1) is 15.2. The number of nitro benzene ring substituents is 1. The lowest BCUT2D eigenvalue weighted by Gasteiger charge is -2.21. The molecule has 0 bridgehead atoms. The molecule has 1 amide bonds. The third kappa shape index (κ3) is 3.69. The topological polar surface area (TPSA) is 75.5 Å². The van der Waals surface area contributed by atoms with Gasteiger partial charge in [0.1, 0.15) is 0 Å². The monoisotopic (exact) mass is 303 g/mol. The number of halogens is 3. The lowest BCUT2D eigenvalue weighted by molar-refractivity contribution is -0.384. The molecule has 1 aromatic carbocycles. The number of carbonyl (C=O) groups excluding carboxylic acids is 1. The van der Waals surface area contributed by atoms with E-state index in [-0.39, 0.29) is 18.8 Å². The molecule has 1 aliphatic heterocycles. The highest BCUT2D eigenvalue weighted by Crippen LogP contribution is 2.22. The maximum Gasteiger partial charge on any atom is 0.472 e. The number of nitrogens with zero attached hydrogens (tertiary/aromatic N) is 2. The summed E-state index contributed by atoms with van der Waals surface area (Å²) in [5.74, 6) is -2.01. The lowest BCUT2D eigenvalue weighted by atomic mass is 10.0. The molecule has 1 N–H and O–H groups in total. The van der Waals surface area contributed by atoms with E-state index in [4.69, 9.17) is 0 Å². The quantitative estimate of drug-likeness (QED) is 0.665. The van der Waals surface area contributed by atoms with E-state index in [0.29, 0.717) is 18.4 Å². The first-order chi connectivity index (χ1) is 9.77. The van der Waals surface area contributed by atoms with Crippen LogP contribution in [0.15, 0.2) is 18.2 Å². The van der Waals surface area contributed by atoms with Gasteiger partial charge in [-0.3, -0.25) is 20.3 Å². The molecule has 9 heteroatoms. The van der Waals surface area contributed by atoms with E-state index >= 15 is 0 Å². The van der Waals surface area contributed by atoms with Gasteiger partial charge in [0.05, 0.1) is 4.92 Å². The number of hydrogen-bond acceptors (Lipinski definition) is 4. The molecule has 0 aromatic heterocycles. The summed E-state index contributed by atoms with van der Waals surface area (Å²) in [6.45, 7) is 0.378. The van der Waals surface area contributed by atoms with Gasteiger partial charge in [0.15, 0.2) is 0 Å². The zero-order valence-corrected chi connectivity index (χ0v) is 10.8. The van der Waals surface area contributed by atoms with Crippen molar-refractivity contribution >= 4 is 11.6 Å². The number of non-ortho nitro benzene ring substituents is 1. The molecule has 0 spiro atoms. The average Bonchev–Trinajstić information content (AvgIpc) is 2.59. The smallest absolute Gasteiger partial charge is 0.281 e. The molecular formula is C12H12F3N3O3. The Labute approximate surface area is 117 Å². The predicted molar refractivity (Wildman–Crippen MR) is 66.3 cm³/mol. The molecule has 0 unspecified atom stereocenters.